The molecule has 1 nitrogen and oxygen atoms in total. The smallest absolute Gasteiger partial charge is 0.0396 e. The van der Waals surface area contributed by atoms with Crippen LogP contribution in [0.2, 0.25) is 0 Å². The van der Waals surface area contributed by atoms with Crippen molar-refractivity contribution in [3.05, 3.63) is 42.0 Å². The average Bonchev–Trinajstić information content (AvgIpc) is 2.20. The Kier molecular flexibility index (Phi) is 3.75. The zero-order valence-electron chi connectivity index (χ0n) is 9.49. The second-order valence-electron chi connectivity index (χ2n) is 3.74. The van der Waals surface area contributed by atoms with Crippen molar-refractivity contribution in [3.8, 4) is 0 Å². The lowest BCUT2D eigenvalue weighted by Gasteiger charge is -2.26. The molecule has 76 valence electrons. The molecule has 0 N–H and O–H groups in total. The van der Waals surface area contributed by atoms with Gasteiger partial charge in [0.05, 0.1) is 0 Å². The average molecular weight is 189 g/mol. The Balaban J connectivity index is 2.95. The van der Waals surface area contributed by atoms with E-state index in [9.17, 15) is 0 Å². The molecule has 1 aromatic rings. The Hall–Kier alpha value is -1.24. The van der Waals surface area contributed by atoms with Crippen LogP contribution in [0.5, 0.6) is 0 Å². The second kappa shape index (κ2) is 4.85. The summed E-state index contributed by atoms with van der Waals surface area (Å²) in [6.45, 7) is 6.49. The molecule has 0 aliphatic carbocycles. The summed E-state index contributed by atoms with van der Waals surface area (Å²) >= 11 is 0. The first kappa shape index (κ1) is 10.8. The topological polar surface area (TPSA) is 3.24 Å². The maximum atomic E-state index is 2.29. The third kappa shape index (κ3) is 2.38. The highest BCUT2D eigenvalue weighted by molar-refractivity contribution is 5.63. The highest BCUT2D eigenvalue weighted by Crippen LogP contribution is 2.19. The van der Waals surface area contributed by atoms with Gasteiger partial charge in [0.2, 0.25) is 0 Å². The molecule has 0 fully saturated rings. The van der Waals surface area contributed by atoms with E-state index < -0.39 is 0 Å². The van der Waals surface area contributed by atoms with Crippen LogP contribution in [0.1, 0.15) is 26.3 Å². The van der Waals surface area contributed by atoms with Gasteiger partial charge in [-0.1, -0.05) is 36.4 Å². The summed E-state index contributed by atoms with van der Waals surface area (Å²) in [6, 6.07) is 11.0. The molecule has 0 atom stereocenters. The van der Waals surface area contributed by atoms with Gasteiger partial charge in [0, 0.05) is 18.8 Å². The molecule has 0 aliphatic rings. The van der Waals surface area contributed by atoms with Crippen molar-refractivity contribution < 1.29 is 0 Å². The zero-order valence-corrected chi connectivity index (χ0v) is 9.49. The molecule has 14 heavy (non-hydrogen) atoms. The van der Waals surface area contributed by atoms with Gasteiger partial charge in [-0.3, -0.25) is 0 Å². The van der Waals surface area contributed by atoms with Gasteiger partial charge in [0.25, 0.3) is 0 Å². The second-order valence-corrected chi connectivity index (χ2v) is 3.74. The standard InChI is InChI=1S/C13H19N/c1-5-13(14(4)11(2)3)12-9-7-6-8-10-12/h5-11H,1-4H3/b13-5-. The summed E-state index contributed by atoms with van der Waals surface area (Å²) in [7, 11) is 2.13. The van der Waals surface area contributed by atoms with Crippen molar-refractivity contribution in [2.24, 2.45) is 0 Å². The highest BCUT2D eigenvalue weighted by Gasteiger charge is 2.08. The van der Waals surface area contributed by atoms with Gasteiger partial charge in [-0.05, 0) is 26.3 Å². The molecular weight excluding hydrogens is 170 g/mol. The van der Waals surface area contributed by atoms with Crippen LogP contribution < -0.4 is 0 Å². The van der Waals surface area contributed by atoms with E-state index in [0.29, 0.717) is 6.04 Å². The fraction of sp³-hybridized carbons (Fsp3) is 0.385. The van der Waals surface area contributed by atoms with Crippen LogP contribution in [0.25, 0.3) is 5.70 Å². The van der Waals surface area contributed by atoms with Gasteiger partial charge in [-0.2, -0.15) is 0 Å². The van der Waals surface area contributed by atoms with E-state index in [0.717, 1.165) is 0 Å². The van der Waals surface area contributed by atoms with Crippen molar-refractivity contribution in [1.82, 2.24) is 4.90 Å². The third-order valence-electron chi connectivity index (χ3n) is 2.50. The number of allylic oxidation sites excluding steroid dienone is 1. The van der Waals surface area contributed by atoms with Gasteiger partial charge in [-0.15, -0.1) is 0 Å². The Bertz CT molecular complexity index is 298. The highest BCUT2D eigenvalue weighted by atomic mass is 15.1. The van der Waals surface area contributed by atoms with Crippen molar-refractivity contribution in [1.29, 1.82) is 0 Å². The minimum absolute atomic E-state index is 0.529. The normalized spacial score (nSPS) is 11.9. The molecule has 0 amide bonds. The molecule has 0 heterocycles. The SMILES string of the molecule is C/C=C(/c1ccccc1)N(C)C(C)C. The largest absolute Gasteiger partial charge is 0.372 e. The lowest BCUT2D eigenvalue weighted by atomic mass is 10.1. The Morgan fingerprint density at radius 2 is 1.79 bits per heavy atom. The monoisotopic (exact) mass is 189 g/mol. The van der Waals surface area contributed by atoms with Crippen molar-refractivity contribution >= 4 is 5.70 Å². The number of nitrogens with zero attached hydrogens (tertiary/aromatic N) is 1. The van der Waals surface area contributed by atoms with E-state index in [1.165, 1.54) is 11.3 Å². The minimum atomic E-state index is 0.529. The molecule has 1 heteroatoms. The van der Waals surface area contributed by atoms with Crippen molar-refractivity contribution in [2.45, 2.75) is 26.8 Å². The quantitative estimate of drug-likeness (QED) is 0.704. The van der Waals surface area contributed by atoms with Crippen LogP contribution in [0, 0.1) is 0 Å². The van der Waals surface area contributed by atoms with Gasteiger partial charge in [0.15, 0.2) is 0 Å². The first-order valence-corrected chi connectivity index (χ1v) is 5.11. The van der Waals surface area contributed by atoms with Crippen molar-refractivity contribution in [2.75, 3.05) is 7.05 Å². The molecule has 0 unspecified atom stereocenters. The summed E-state index contributed by atoms with van der Waals surface area (Å²) in [4.78, 5) is 2.29. The maximum Gasteiger partial charge on any atom is 0.0396 e. The molecule has 1 rings (SSSR count). The maximum absolute atomic E-state index is 2.29. The van der Waals surface area contributed by atoms with E-state index >= 15 is 0 Å². The van der Waals surface area contributed by atoms with E-state index in [4.69, 9.17) is 0 Å². The molecule has 0 aliphatic heterocycles. The Labute approximate surface area is 87.1 Å². The minimum Gasteiger partial charge on any atom is -0.372 e. The summed E-state index contributed by atoms with van der Waals surface area (Å²) in [5.74, 6) is 0. The van der Waals surface area contributed by atoms with Gasteiger partial charge >= 0.3 is 0 Å². The molecule has 0 saturated heterocycles. The number of benzene rings is 1. The molecule has 1 aromatic carbocycles. The number of hydrogen-bond acceptors (Lipinski definition) is 1. The Morgan fingerprint density at radius 1 is 1.21 bits per heavy atom. The van der Waals surface area contributed by atoms with Crippen LogP contribution in [-0.4, -0.2) is 18.0 Å². The fourth-order valence-electron chi connectivity index (χ4n) is 1.46. The van der Waals surface area contributed by atoms with Crippen molar-refractivity contribution in [3.63, 3.8) is 0 Å². The van der Waals surface area contributed by atoms with Crippen LogP contribution in [-0.2, 0) is 0 Å². The molecule has 0 aromatic heterocycles. The number of hydrogen-bond donors (Lipinski definition) is 0. The summed E-state index contributed by atoms with van der Waals surface area (Å²) in [5.41, 5.74) is 2.58. The van der Waals surface area contributed by atoms with Gasteiger partial charge < -0.3 is 4.90 Å². The predicted octanol–water partition coefficient (Wildman–Crippen LogP) is 3.39. The molecule has 0 saturated carbocycles. The predicted molar refractivity (Wildman–Crippen MR) is 63.0 cm³/mol. The van der Waals surface area contributed by atoms with E-state index in [-0.39, 0.29) is 0 Å². The van der Waals surface area contributed by atoms with Crippen LogP contribution in [0.15, 0.2) is 36.4 Å². The molecule has 0 spiro atoms. The first-order chi connectivity index (χ1) is 6.66. The molecule has 0 bridgehead atoms. The number of rotatable bonds is 3. The van der Waals surface area contributed by atoms with Crippen LogP contribution >= 0.6 is 0 Å². The lowest BCUT2D eigenvalue weighted by molar-refractivity contribution is 0.396. The lowest BCUT2D eigenvalue weighted by Crippen LogP contribution is -2.24. The summed E-state index contributed by atoms with van der Waals surface area (Å²) < 4.78 is 0. The third-order valence-corrected chi connectivity index (χ3v) is 2.50. The van der Waals surface area contributed by atoms with Crippen LogP contribution in [0.3, 0.4) is 0 Å². The van der Waals surface area contributed by atoms with Crippen LogP contribution in [0.4, 0.5) is 0 Å². The van der Waals surface area contributed by atoms with E-state index in [1.807, 2.05) is 6.07 Å². The summed E-state index contributed by atoms with van der Waals surface area (Å²) in [5, 5.41) is 0. The fourth-order valence-corrected chi connectivity index (χ4v) is 1.46. The first-order valence-electron chi connectivity index (χ1n) is 5.11. The molecule has 0 radical (unpaired) electrons. The molecular formula is C13H19N. The van der Waals surface area contributed by atoms with E-state index in [1.54, 1.807) is 0 Å². The van der Waals surface area contributed by atoms with E-state index in [2.05, 4.69) is 63.1 Å². The van der Waals surface area contributed by atoms with Gasteiger partial charge in [0.1, 0.15) is 0 Å². The zero-order chi connectivity index (χ0) is 10.6. The Morgan fingerprint density at radius 3 is 2.21 bits per heavy atom. The summed E-state index contributed by atoms with van der Waals surface area (Å²) in [6.07, 6.45) is 2.16. The van der Waals surface area contributed by atoms with Gasteiger partial charge in [-0.25, -0.2) is 0 Å².